The van der Waals surface area contributed by atoms with E-state index in [2.05, 4.69) is 61.3 Å². The number of unbranched alkanes of at least 4 members (excludes halogenated alkanes) is 9. The van der Waals surface area contributed by atoms with Crippen LogP contribution in [0.25, 0.3) is 10.8 Å². The normalized spacial score (nSPS) is 11.5. The molecule has 0 saturated carbocycles. The van der Waals surface area contributed by atoms with Gasteiger partial charge in [0, 0.05) is 0 Å². The zero-order chi connectivity index (χ0) is 18.5. The van der Waals surface area contributed by atoms with Gasteiger partial charge in [0.2, 0.25) is 0 Å². The predicted molar refractivity (Wildman–Crippen MR) is 117 cm³/mol. The van der Waals surface area contributed by atoms with Gasteiger partial charge >= 0.3 is 0 Å². The van der Waals surface area contributed by atoms with Gasteiger partial charge in [-0.15, -0.1) is 0 Å². The van der Waals surface area contributed by atoms with Crippen LogP contribution in [0, 0.1) is 0 Å². The Morgan fingerprint density at radius 2 is 1.23 bits per heavy atom. The van der Waals surface area contributed by atoms with Gasteiger partial charge in [-0.3, -0.25) is 0 Å². The fourth-order valence-electron chi connectivity index (χ4n) is 3.78. The van der Waals surface area contributed by atoms with E-state index in [9.17, 15) is 0 Å². The van der Waals surface area contributed by atoms with Crippen molar-refractivity contribution in [3.8, 4) is 0 Å². The van der Waals surface area contributed by atoms with Gasteiger partial charge in [0.25, 0.3) is 0 Å². The Balaban J connectivity index is 1.45. The topological polar surface area (TPSA) is 3.24 Å². The van der Waals surface area contributed by atoms with Gasteiger partial charge in [-0.2, -0.15) is 0 Å². The van der Waals surface area contributed by atoms with Gasteiger partial charge in [0.15, 0.2) is 0 Å². The first-order valence-corrected chi connectivity index (χ1v) is 11.0. The molecule has 0 aliphatic carbocycles. The third-order valence-electron chi connectivity index (χ3n) is 5.66. The summed E-state index contributed by atoms with van der Waals surface area (Å²) in [5.41, 5.74) is 1.52. The van der Waals surface area contributed by atoms with Crippen molar-refractivity contribution in [1.82, 2.24) is 4.90 Å². The van der Waals surface area contributed by atoms with Crippen LogP contribution in [0.4, 0.5) is 0 Å². The monoisotopic (exact) mass is 353 g/mol. The molecule has 2 rings (SSSR count). The summed E-state index contributed by atoms with van der Waals surface area (Å²) < 4.78 is 0. The summed E-state index contributed by atoms with van der Waals surface area (Å²) in [4.78, 5) is 2.41. The molecular weight excluding hydrogens is 314 g/mol. The average molecular weight is 354 g/mol. The second kappa shape index (κ2) is 12.9. The van der Waals surface area contributed by atoms with Gasteiger partial charge in [-0.1, -0.05) is 101 Å². The molecule has 0 heterocycles. The minimum atomic E-state index is 1.18. The first kappa shape index (κ1) is 21.0. The highest BCUT2D eigenvalue weighted by atomic mass is 15.1. The number of hydrogen-bond acceptors (Lipinski definition) is 1. The lowest BCUT2D eigenvalue weighted by Gasteiger charge is -2.12. The predicted octanol–water partition coefficient (Wildman–Crippen LogP) is 7.24. The number of aryl methyl sites for hydroxylation is 1. The summed E-state index contributed by atoms with van der Waals surface area (Å²) in [6.07, 6.45) is 15.3. The smallest absolute Gasteiger partial charge is 0.00219 e. The van der Waals surface area contributed by atoms with Crippen molar-refractivity contribution in [3.63, 3.8) is 0 Å². The van der Waals surface area contributed by atoms with Crippen LogP contribution in [0.2, 0.25) is 0 Å². The number of nitrogens with zero attached hydrogens (tertiary/aromatic N) is 1. The minimum Gasteiger partial charge on any atom is -0.307 e. The molecule has 0 aliphatic rings. The zero-order valence-electron chi connectivity index (χ0n) is 17.2. The lowest BCUT2D eigenvalue weighted by molar-refractivity contribution is 0.340. The molecule has 2 aromatic rings. The van der Waals surface area contributed by atoms with Gasteiger partial charge in [0.1, 0.15) is 0 Å². The summed E-state index contributed by atoms with van der Waals surface area (Å²) >= 11 is 0. The van der Waals surface area contributed by atoms with Gasteiger partial charge in [-0.05, 0) is 55.7 Å². The van der Waals surface area contributed by atoms with Crippen molar-refractivity contribution in [3.05, 3.63) is 48.0 Å². The van der Waals surface area contributed by atoms with Gasteiger partial charge < -0.3 is 4.90 Å². The number of hydrogen-bond donors (Lipinski definition) is 0. The fourth-order valence-corrected chi connectivity index (χ4v) is 3.78. The molecule has 1 nitrogen and oxygen atoms in total. The number of rotatable bonds is 14. The Labute approximate surface area is 161 Å². The third kappa shape index (κ3) is 7.91. The molecule has 0 aliphatic heterocycles. The van der Waals surface area contributed by atoms with Crippen LogP contribution >= 0.6 is 0 Å². The van der Waals surface area contributed by atoms with Crippen LogP contribution in [0.15, 0.2) is 42.5 Å². The van der Waals surface area contributed by atoms with Crippen LogP contribution in [-0.2, 0) is 6.42 Å². The van der Waals surface area contributed by atoms with Crippen LogP contribution in [0.3, 0.4) is 0 Å². The molecule has 1 heteroatoms. The van der Waals surface area contributed by atoms with E-state index in [1.807, 2.05) is 0 Å². The van der Waals surface area contributed by atoms with Crippen LogP contribution in [-0.4, -0.2) is 25.0 Å². The molecule has 0 amide bonds. The van der Waals surface area contributed by atoms with Crippen LogP contribution in [0.1, 0.15) is 76.7 Å². The Morgan fingerprint density at radius 3 is 1.92 bits per heavy atom. The molecule has 0 atom stereocenters. The second-order valence-electron chi connectivity index (χ2n) is 7.82. The molecule has 26 heavy (non-hydrogen) atoms. The van der Waals surface area contributed by atoms with Gasteiger partial charge in [-0.25, -0.2) is 0 Å². The maximum atomic E-state index is 2.41. The second-order valence-corrected chi connectivity index (χ2v) is 7.82. The molecule has 0 N–H and O–H groups in total. The molecule has 0 saturated heterocycles. The van der Waals surface area contributed by atoms with Crippen molar-refractivity contribution < 1.29 is 0 Å². The van der Waals surface area contributed by atoms with E-state index >= 15 is 0 Å². The van der Waals surface area contributed by atoms with E-state index in [1.54, 1.807) is 0 Å². The molecule has 0 aromatic heterocycles. The molecule has 0 fully saturated rings. The van der Waals surface area contributed by atoms with Crippen LogP contribution < -0.4 is 0 Å². The summed E-state index contributed by atoms with van der Waals surface area (Å²) in [6.45, 7) is 4.69. The van der Waals surface area contributed by atoms with E-state index in [0.717, 1.165) is 0 Å². The highest BCUT2D eigenvalue weighted by Gasteiger charge is 2.00. The molecule has 144 valence electrons. The van der Waals surface area contributed by atoms with E-state index in [1.165, 1.54) is 100 Å². The third-order valence-corrected chi connectivity index (χ3v) is 5.66. The first-order chi connectivity index (χ1) is 12.8. The van der Waals surface area contributed by atoms with Crippen LogP contribution in [0.5, 0.6) is 0 Å². The van der Waals surface area contributed by atoms with Crippen molar-refractivity contribution in [2.45, 2.75) is 77.6 Å². The number of benzene rings is 2. The fraction of sp³-hybridized carbons (Fsp3) is 0.600. The maximum Gasteiger partial charge on any atom is -0.00219 e. The van der Waals surface area contributed by atoms with Gasteiger partial charge in [0.05, 0.1) is 0 Å². The summed E-state index contributed by atoms with van der Waals surface area (Å²) in [7, 11) is 2.22. The lowest BCUT2D eigenvalue weighted by Crippen LogP contribution is -2.18. The van der Waals surface area contributed by atoms with Crippen molar-refractivity contribution in [2.75, 3.05) is 20.1 Å². The standard InChI is InChI=1S/C25H39N/c1-3-26(2)22-15-11-9-7-5-4-6-8-10-12-17-23-19-16-20-24-18-13-14-21-25(23)24/h13-14,16,18-21H,3-12,15,17,22H2,1-2H3. The molecule has 0 radical (unpaired) electrons. The quantitative estimate of drug-likeness (QED) is 0.324. The molecule has 0 spiro atoms. The zero-order valence-corrected chi connectivity index (χ0v) is 17.2. The van der Waals surface area contributed by atoms with E-state index in [4.69, 9.17) is 0 Å². The van der Waals surface area contributed by atoms with E-state index in [-0.39, 0.29) is 0 Å². The largest absolute Gasteiger partial charge is 0.307 e. The summed E-state index contributed by atoms with van der Waals surface area (Å²) in [6, 6.07) is 15.5. The lowest BCUT2D eigenvalue weighted by atomic mass is 9.99. The molecule has 0 unspecified atom stereocenters. The van der Waals surface area contributed by atoms with E-state index < -0.39 is 0 Å². The number of fused-ring (bicyclic) bond motifs is 1. The van der Waals surface area contributed by atoms with Crippen molar-refractivity contribution in [1.29, 1.82) is 0 Å². The highest BCUT2D eigenvalue weighted by Crippen LogP contribution is 2.20. The maximum absolute atomic E-state index is 2.41. The Hall–Kier alpha value is -1.34. The Kier molecular flexibility index (Phi) is 10.4. The summed E-state index contributed by atoms with van der Waals surface area (Å²) in [5.74, 6) is 0. The minimum absolute atomic E-state index is 1.18. The molecular formula is C25H39N. The SMILES string of the molecule is CCN(C)CCCCCCCCCCCCc1cccc2ccccc12. The first-order valence-electron chi connectivity index (χ1n) is 11.0. The molecule has 0 bridgehead atoms. The Morgan fingerprint density at radius 1 is 0.654 bits per heavy atom. The van der Waals surface area contributed by atoms with E-state index in [0.29, 0.717) is 0 Å². The Bertz CT molecular complexity index is 599. The van der Waals surface area contributed by atoms with Crippen molar-refractivity contribution in [2.24, 2.45) is 0 Å². The average Bonchev–Trinajstić information content (AvgIpc) is 2.68. The van der Waals surface area contributed by atoms with Crippen molar-refractivity contribution >= 4 is 10.8 Å². The summed E-state index contributed by atoms with van der Waals surface area (Å²) in [5, 5.41) is 2.83. The highest BCUT2D eigenvalue weighted by molar-refractivity contribution is 5.85. The molecule has 2 aromatic carbocycles.